The molecule has 0 fully saturated rings. The molecule has 3 rings (SSSR count). The summed E-state index contributed by atoms with van der Waals surface area (Å²) < 4.78 is 0. The van der Waals surface area contributed by atoms with Gasteiger partial charge in [-0.1, -0.05) is 12.1 Å². The lowest BCUT2D eigenvalue weighted by atomic mass is 10.2. The summed E-state index contributed by atoms with van der Waals surface area (Å²) in [5, 5.41) is 4.21. The van der Waals surface area contributed by atoms with E-state index in [1.54, 1.807) is 22.7 Å². The summed E-state index contributed by atoms with van der Waals surface area (Å²) >= 11 is 3.54. The monoisotopic (exact) mass is 313 g/mol. The molecule has 0 saturated heterocycles. The first kappa shape index (κ1) is 14.0. The average molecular weight is 313 g/mol. The van der Waals surface area contributed by atoms with Crippen LogP contribution in [0.15, 0.2) is 59.3 Å². The summed E-state index contributed by atoms with van der Waals surface area (Å²) in [7, 11) is 0. The first-order valence-electron chi connectivity index (χ1n) is 6.70. The van der Waals surface area contributed by atoms with Crippen molar-refractivity contribution in [1.29, 1.82) is 0 Å². The van der Waals surface area contributed by atoms with Crippen LogP contribution in [0.1, 0.15) is 20.1 Å². The molecular weight excluding hydrogens is 298 g/mol. The second-order valence-electron chi connectivity index (χ2n) is 4.72. The van der Waals surface area contributed by atoms with Gasteiger partial charge in [0.15, 0.2) is 0 Å². The molecule has 3 aromatic rings. The Morgan fingerprint density at radius 3 is 1.86 bits per heavy atom. The molecule has 0 bridgehead atoms. The van der Waals surface area contributed by atoms with E-state index in [0.29, 0.717) is 5.56 Å². The number of carbonyl (C=O) groups is 1. The van der Waals surface area contributed by atoms with Gasteiger partial charge < -0.3 is 4.90 Å². The van der Waals surface area contributed by atoms with Gasteiger partial charge >= 0.3 is 0 Å². The fourth-order valence-corrected chi connectivity index (χ4v) is 3.62. The van der Waals surface area contributed by atoms with E-state index in [1.165, 1.54) is 9.75 Å². The number of nitrogens with zero attached hydrogens (tertiary/aromatic N) is 1. The summed E-state index contributed by atoms with van der Waals surface area (Å²) in [6.45, 7) is 1.77. The molecule has 0 aliphatic carbocycles. The largest absolute Gasteiger partial charge is 0.361 e. The molecule has 0 aliphatic rings. The Labute approximate surface area is 132 Å². The van der Waals surface area contributed by atoms with Crippen LogP contribution < -0.4 is 4.90 Å². The van der Waals surface area contributed by atoms with Crippen molar-refractivity contribution in [2.75, 3.05) is 4.90 Å². The molecular formula is C17H15NOS2. The van der Waals surface area contributed by atoms with E-state index in [9.17, 15) is 4.79 Å². The van der Waals surface area contributed by atoms with Gasteiger partial charge in [-0.25, -0.2) is 0 Å². The maximum Gasteiger partial charge on any atom is 0.150 e. The summed E-state index contributed by atoms with van der Waals surface area (Å²) in [6.07, 6.45) is 0.882. The van der Waals surface area contributed by atoms with E-state index in [-0.39, 0.29) is 0 Å². The van der Waals surface area contributed by atoms with E-state index in [0.717, 1.165) is 25.1 Å². The van der Waals surface area contributed by atoms with Gasteiger partial charge in [0.2, 0.25) is 0 Å². The third kappa shape index (κ3) is 3.60. The van der Waals surface area contributed by atoms with Crippen LogP contribution in [-0.2, 0) is 13.1 Å². The normalized spacial score (nSPS) is 10.5. The van der Waals surface area contributed by atoms with E-state index >= 15 is 0 Å². The molecule has 1 aromatic carbocycles. The molecule has 2 aromatic heterocycles. The van der Waals surface area contributed by atoms with Crippen molar-refractivity contribution in [3.05, 3.63) is 74.6 Å². The summed E-state index contributed by atoms with van der Waals surface area (Å²) in [5.74, 6) is 0. The first-order chi connectivity index (χ1) is 10.3. The van der Waals surface area contributed by atoms with Crippen LogP contribution in [0.3, 0.4) is 0 Å². The van der Waals surface area contributed by atoms with E-state index in [2.05, 4.69) is 39.9 Å². The number of thiophene rings is 2. The van der Waals surface area contributed by atoms with Gasteiger partial charge in [-0.15, -0.1) is 22.7 Å². The van der Waals surface area contributed by atoms with Gasteiger partial charge in [0.25, 0.3) is 0 Å². The molecule has 0 spiro atoms. The fraction of sp³-hybridized carbons (Fsp3) is 0.118. The predicted molar refractivity (Wildman–Crippen MR) is 90.4 cm³/mol. The maximum absolute atomic E-state index is 10.8. The Morgan fingerprint density at radius 1 is 0.857 bits per heavy atom. The second-order valence-corrected chi connectivity index (χ2v) is 6.79. The van der Waals surface area contributed by atoms with Crippen LogP contribution in [0.25, 0.3) is 0 Å². The quantitative estimate of drug-likeness (QED) is 0.608. The molecule has 0 saturated carbocycles. The van der Waals surface area contributed by atoms with Crippen molar-refractivity contribution >= 4 is 34.6 Å². The second kappa shape index (κ2) is 6.70. The zero-order chi connectivity index (χ0) is 14.5. The Kier molecular flexibility index (Phi) is 4.48. The van der Waals surface area contributed by atoms with E-state index < -0.39 is 0 Å². The van der Waals surface area contributed by atoms with Gasteiger partial charge in [-0.05, 0) is 47.2 Å². The fourth-order valence-electron chi connectivity index (χ4n) is 2.18. The maximum atomic E-state index is 10.8. The topological polar surface area (TPSA) is 20.3 Å². The van der Waals surface area contributed by atoms with Gasteiger partial charge in [0.05, 0.1) is 13.1 Å². The minimum absolute atomic E-state index is 0.714. The number of hydrogen-bond acceptors (Lipinski definition) is 4. The molecule has 106 valence electrons. The minimum Gasteiger partial charge on any atom is -0.361 e. The van der Waals surface area contributed by atoms with Crippen LogP contribution in [-0.4, -0.2) is 6.29 Å². The van der Waals surface area contributed by atoms with E-state index in [4.69, 9.17) is 0 Å². The lowest BCUT2D eigenvalue weighted by Gasteiger charge is -2.24. The lowest BCUT2D eigenvalue weighted by Crippen LogP contribution is -2.20. The van der Waals surface area contributed by atoms with Gasteiger partial charge in [0, 0.05) is 21.0 Å². The molecule has 0 atom stereocenters. The van der Waals surface area contributed by atoms with Gasteiger partial charge in [0.1, 0.15) is 6.29 Å². The molecule has 0 radical (unpaired) electrons. The SMILES string of the molecule is O=Cc1ccc(N(Cc2cccs2)Cc2cccs2)cc1. The number of anilines is 1. The zero-order valence-electron chi connectivity index (χ0n) is 11.4. The van der Waals surface area contributed by atoms with Gasteiger partial charge in [-0.3, -0.25) is 4.79 Å². The summed E-state index contributed by atoms with van der Waals surface area (Å²) in [5.41, 5.74) is 1.85. The van der Waals surface area contributed by atoms with Crippen LogP contribution in [0, 0.1) is 0 Å². The van der Waals surface area contributed by atoms with Crippen LogP contribution >= 0.6 is 22.7 Å². The molecule has 0 aliphatic heterocycles. The Balaban J connectivity index is 1.84. The van der Waals surface area contributed by atoms with Crippen molar-refractivity contribution in [3.63, 3.8) is 0 Å². The molecule has 0 amide bonds. The Bertz CT molecular complexity index is 636. The highest BCUT2D eigenvalue weighted by Gasteiger charge is 2.10. The highest BCUT2D eigenvalue weighted by atomic mass is 32.1. The predicted octanol–water partition coefficient (Wildman–Crippen LogP) is 4.83. The molecule has 0 N–H and O–H groups in total. The summed E-state index contributed by atoms with van der Waals surface area (Å²) in [6, 6.07) is 16.3. The molecule has 2 heterocycles. The third-order valence-electron chi connectivity index (χ3n) is 3.25. The number of benzene rings is 1. The average Bonchev–Trinajstić information content (AvgIpc) is 3.20. The van der Waals surface area contributed by atoms with Crippen LogP contribution in [0.5, 0.6) is 0 Å². The first-order valence-corrected chi connectivity index (χ1v) is 8.46. The molecule has 2 nitrogen and oxygen atoms in total. The number of carbonyl (C=O) groups excluding carboxylic acids is 1. The number of aldehydes is 1. The molecule has 4 heteroatoms. The van der Waals surface area contributed by atoms with Crippen molar-refractivity contribution in [3.8, 4) is 0 Å². The number of hydrogen-bond donors (Lipinski definition) is 0. The third-order valence-corrected chi connectivity index (χ3v) is 4.97. The minimum atomic E-state index is 0.714. The van der Waals surface area contributed by atoms with Crippen LogP contribution in [0.4, 0.5) is 5.69 Å². The Morgan fingerprint density at radius 2 is 1.43 bits per heavy atom. The van der Waals surface area contributed by atoms with Crippen molar-refractivity contribution in [1.82, 2.24) is 0 Å². The standard InChI is InChI=1S/C17H15NOS2/c19-13-14-5-7-15(8-6-14)18(11-16-3-1-9-20-16)12-17-4-2-10-21-17/h1-10,13H,11-12H2. The highest BCUT2D eigenvalue weighted by Crippen LogP contribution is 2.23. The van der Waals surface area contributed by atoms with Crippen molar-refractivity contribution in [2.24, 2.45) is 0 Å². The highest BCUT2D eigenvalue weighted by molar-refractivity contribution is 7.10. The molecule has 0 unspecified atom stereocenters. The Hall–Kier alpha value is -1.91. The molecule has 21 heavy (non-hydrogen) atoms. The number of rotatable bonds is 6. The smallest absolute Gasteiger partial charge is 0.150 e. The summed E-state index contributed by atoms with van der Waals surface area (Å²) in [4.78, 5) is 15.8. The van der Waals surface area contributed by atoms with Crippen molar-refractivity contribution in [2.45, 2.75) is 13.1 Å². The van der Waals surface area contributed by atoms with Gasteiger partial charge in [-0.2, -0.15) is 0 Å². The van der Waals surface area contributed by atoms with E-state index in [1.807, 2.05) is 24.3 Å². The zero-order valence-corrected chi connectivity index (χ0v) is 13.1. The lowest BCUT2D eigenvalue weighted by molar-refractivity contribution is 0.112. The van der Waals surface area contributed by atoms with Crippen LogP contribution in [0.2, 0.25) is 0 Å². The van der Waals surface area contributed by atoms with Crippen molar-refractivity contribution < 1.29 is 4.79 Å².